The van der Waals surface area contributed by atoms with Crippen molar-refractivity contribution in [1.29, 1.82) is 0 Å². The van der Waals surface area contributed by atoms with Crippen molar-refractivity contribution >= 4 is 60.2 Å². The number of benzene rings is 11. The van der Waals surface area contributed by atoms with Crippen LogP contribution in [0, 0.1) is 0 Å². The van der Waals surface area contributed by atoms with E-state index in [9.17, 15) is 0 Å². The number of hydrogen-bond donors (Lipinski definition) is 0. The average molecular weight is 750 g/mol. The van der Waals surface area contributed by atoms with Crippen LogP contribution >= 0.6 is 0 Å². The smallest absolute Gasteiger partial charge is 0.0462 e. The van der Waals surface area contributed by atoms with Crippen LogP contribution in [0.3, 0.4) is 0 Å². The van der Waals surface area contributed by atoms with E-state index >= 15 is 0 Å². The maximum Gasteiger partial charge on any atom is 0.0462 e. The molecule has 0 spiro atoms. The topological polar surface area (TPSA) is 3.24 Å². The number of nitrogens with zero attached hydrogens (tertiary/aromatic N) is 1. The molecule has 0 aliphatic carbocycles. The molecule has 0 amide bonds. The molecule has 0 aliphatic rings. The van der Waals surface area contributed by atoms with E-state index in [-0.39, 0.29) is 0 Å². The van der Waals surface area contributed by atoms with Gasteiger partial charge in [-0.2, -0.15) is 0 Å². The van der Waals surface area contributed by atoms with E-state index in [0.717, 1.165) is 17.1 Å². The monoisotopic (exact) mass is 749 g/mol. The summed E-state index contributed by atoms with van der Waals surface area (Å²) in [6.07, 6.45) is 0. The normalized spacial score (nSPS) is 11.4. The van der Waals surface area contributed by atoms with E-state index < -0.39 is 0 Å². The van der Waals surface area contributed by atoms with Crippen molar-refractivity contribution in [1.82, 2.24) is 0 Å². The number of rotatable bonds is 7. The van der Waals surface area contributed by atoms with Gasteiger partial charge in [-0.05, 0) is 136 Å². The molecule has 0 aliphatic heterocycles. The highest BCUT2D eigenvalue weighted by molar-refractivity contribution is 6.09. The number of anilines is 3. The molecule has 0 atom stereocenters. The quantitative estimate of drug-likeness (QED) is 0.147. The Morgan fingerprint density at radius 1 is 0.203 bits per heavy atom. The lowest BCUT2D eigenvalue weighted by atomic mass is 9.95. The maximum atomic E-state index is 2.36. The minimum Gasteiger partial charge on any atom is -0.311 e. The fraction of sp³-hybridized carbons (Fsp3) is 0. The molecule has 0 unspecified atom stereocenters. The van der Waals surface area contributed by atoms with Crippen LogP contribution in [0.15, 0.2) is 237 Å². The highest BCUT2D eigenvalue weighted by atomic mass is 15.1. The SMILES string of the molecule is c1ccc(-c2ccc3c(ccc4cc(-c5ccc(N(c6ccc(-c7cccc8ccccc78)cc6)c6ccc(-c7cccc8ccccc78)cc6)cc5)ccc43)c2)cc1. The second-order valence-electron chi connectivity index (χ2n) is 15.3. The molecule has 11 aromatic carbocycles. The molecule has 276 valence electrons. The molecule has 0 N–H and O–H groups in total. The molecule has 1 heteroatoms. The van der Waals surface area contributed by atoms with Gasteiger partial charge in [0.2, 0.25) is 0 Å². The van der Waals surface area contributed by atoms with Gasteiger partial charge in [0.1, 0.15) is 0 Å². The van der Waals surface area contributed by atoms with Crippen LogP contribution in [0.1, 0.15) is 0 Å². The Bertz CT molecular complexity index is 3160. The molecular formula is C58H39N. The van der Waals surface area contributed by atoms with E-state index in [0.29, 0.717) is 0 Å². The minimum atomic E-state index is 1.10. The average Bonchev–Trinajstić information content (AvgIpc) is 3.32. The van der Waals surface area contributed by atoms with Crippen LogP contribution in [0.5, 0.6) is 0 Å². The van der Waals surface area contributed by atoms with Gasteiger partial charge < -0.3 is 4.90 Å². The molecule has 11 rings (SSSR count). The molecule has 0 aromatic heterocycles. The summed E-state index contributed by atoms with van der Waals surface area (Å²) in [7, 11) is 0. The zero-order valence-corrected chi connectivity index (χ0v) is 32.5. The van der Waals surface area contributed by atoms with Gasteiger partial charge in [-0.3, -0.25) is 0 Å². The molecule has 11 aromatic rings. The van der Waals surface area contributed by atoms with Gasteiger partial charge in [0.15, 0.2) is 0 Å². The largest absolute Gasteiger partial charge is 0.311 e. The number of fused-ring (bicyclic) bond motifs is 5. The van der Waals surface area contributed by atoms with Crippen molar-refractivity contribution in [3.05, 3.63) is 237 Å². The predicted octanol–water partition coefficient (Wildman–Crippen LogP) is 16.4. The van der Waals surface area contributed by atoms with E-state index in [2.05, 4.69) is 241 Å². The lowest BCUT2D eigenvalue weighted by molar-refractivity contribution is 1.28. The first-order valence-electron chi connectivity index (χ1n) is 20.3. The van der Waals surface area contributed by atoms with Gasteiger partial charge in [-0.15, -0.1) is 0 Å². The van der Waals surface area contributed by atoms with Crippen LogP contribution < -0.4 is 4.90 Å². The van der Waals surface area contributed by atoms with Gasteiger partial charge in [0.05, 0.1) is 0 Å². The fourth-order valence-electron chi connectivity index (χ4n) is 8.85. The summed E-state index contributed by atoms with van der Waals surface area (Å²) in [5.41, 5.74) is 13.1. The third kappa shape index (κ3) is 6.40. The Morgan fingerprint density at radius 2 is 0.576 bits per heavy atom. The lowest BCUT2D eigenvalue weighted by Gasteiger charge is -2.26. The Kier molecular flexibility index (Phi) is 8.56. The van der Waals surface area contributed by atoms with E-state index in [1.54, 1.807) is 0 Å². The lowest BCUT2D eigenvalue weighted by Crippen LogP contribution is -2.09. The van der Waals surface area contributed by atoms with E-state index in [1.807, 2.05) is 0 Å². The summed E-state index contributed by atoms with van der Waals surface area (Å²) < 4.78 is 0. The fourth-order valence-corrected chi connectivity index (χ4v) is 8.85. The van der Waals surface area contributed by atoms with E-state index in [1.165, 1.54) is 87.6 Å². The molecule has 1 nitrogen and oxygen atoms in total. The van der Waals surface area contributed by atoms with Gasteiger partial charge in [-0.1, -0.05) is 188 Å². The minimum absolute atomic E-state index is 1.10. The molecule has 0 saturated carbocycles. The molecule has 59 heavy (non-hydrogen) atoms. The molecule has 0 bridgehead atoms. The van der Waals surface area contributed by atoms with Crippen molar-refractivity contribution in [3.8, 4) is 44.5 Å². The third-order valence-corrected chi connectivity index (χ3v) is 11.9. The Balaban J connectivity index is 0.952. The second-order valence-corrected chi connectivity index (χ2v) is 15.3. The highest BCUT2D eigenvalue weighted by Crippen LogP contribution is 2.40. The van der Waals surface area contributed by atoms with Crippen molar-refractivity contribution in [2.75, 3.05) is 4.90 Å². The maximum absolute atomic E-state index is 2.36. The Hall–Kier alpha value is -7.74. The van der Waals surface area contributed by atoms with Crippen LogP contribution in [-0.2, 0) is 0 Å². The summed E-state index contributed by atoms with van der Waals surface area (Å²) in [5.74, 6) is 0. The van der Waals surface area contributed by atoms with Gasteiger partial charge in [0.25, 0.3) is 0 Å². The van der Waals surface area contributed by atoms with Crippen LogP contribution in [0.4, 0.5) is 17.1 Å². The Morgan fingerprint density at radius 3 is 1.05 bits per heavy atom. The molecule has 0 saturated heterocycles. The Labute approximate surface area is 344 Å². The molecule has 0 fully saturated rings. The predicted molar refractivity (Wildman–Crippen MR) is 253 cm³/mol. The third-order valence-electron chi connectivity index (χ3n) is 11.9. The molecular weight excluding hydrogens is 711 g/mol. The van der Waals surface area contributed by atoms with Crippen LogP contribution in [-0.4, -0.2) is 0 Å². The van der Waals surface area contributed by atoms with Gasteiger partial charge in [0, 0.05) is 17.1 Å². The highest BCUT2D eigenvalue weighted by Gasteiger charge is 2.15. The van der Waals surface area contributed by atoms with Crippen molar-refractivity contribution in [2.45, 2.75) is 0 Å². The van der Waals surface area contributed by atoms with Crippen molar-refractivity contribution in [3.63, 3.8) is 0 Å². The summed E-state index contributed by atoms with van der Waals surface area (Å²) in [4.78, 5) is 2.36. The van der Waals surface area contributed by atoms with Crippen LogP contribution in [0.25, 0.3) is 87.6 Å². The second kappa shape index (κ2) is 14.6. The summed E-state index contributed by atoms with van der Waals surface area (Å²) in [6.45, 7) is 0. The van der Waals surface area contributed by atoms with Gasteiger partial charge >= 0.3 is 0 Å². The first-order chi connectivity index (χ1) is 29.2. The van der Waals surface area contributed by atoms with E-state index in [4.69, 9.17) is 0 Å². The first-order valence-corrected chi connectivity index (χ1v) is 20.3. The molecule has 0 radical (unpaired) electrons. The van der Waals surface area contributed by atoms with Crippen molar-refractivity contribution in [2.24, 2.45) is 0 Å². The zero-order valence-electron chi connectivity index (χ0n) is 32.5. The summed E-state index contributed by atoms with van der Waals surface area (Å²) in [5, 5.41) is 10.1. The van der Waals surface area contributed by atoms with Crippen LogP contribution in [0.2, 0.25) is 0 Å². The number of hydrogen-bond acceptors (Lipinski definition) is 1. The standard InChI is InChI=1S/C58H39N/c1-2-10-40(11-3-1)46-28-36-57-48(38-46)20-21-49-39-47(29-37-58(49)57)41-22-30-50(31-23-41)59(51-32-24-44(25-33-51)55-18-8-14-42-12-4-6-16-53(42)55)52-34-26-45(27-35-52)56-19-9-15-43-13-5-7-17-54(43)56/h1-39H. The van der Waals surface area contributed by atoms with Gasteiger partial charge in [-0.25, -0.2) is 0 Å². The zero-order chi connectivity index (χ0) is 39.1. The molecule has 0 heterocycles. The first kappa shape index (κ1) is 34.5. The summed E-state index contributed by atoms with van der Waals surface area (Å²) >= 11 is 0. The van der Waals surface area contributed by atoms with Crippen molar-refractivity contribution < 1.29 is 0 Å². The summed E-state index contributed by atoms with van der Waals surface area (Å²) in [6, 6.07) is 86.2.